The Kier molecular flexibility index (Phi) is 5.72. The van der Waals surface area contributed by atoms with Crippen LogP contribution in [-0.4, -0.2) is 83.0 Å². The number of aromatic nitrogens is 2. The molecule has 0 bridgehead atoms. The van der Waals surface area contributed by atoms with Crippen LogP contribution in [-0.2, 0) is 4.79 Å². The molecule has 0 aromatic carbocycles. The van der Waals surface area contributed by atoms with Crippen molar-refractivity contribution in [3.8, 4) is 0 Å². The van der Waals surface area contributed by atoms with E-state index in [0.29, 0.717) is 12.6 Å². The minimum absolute atomic E-state index is 0.256. The molecule has 0 unspecified atom stereocenters. The molecule has 0 radical (unpaired) electrons. The van der Waals surface area contributed by atoms with Crippen molar-refractivity contribution in [2.24, 2.45) is 0 Å². The van der Waals surface area contributed by atoms with Gasteiger partial charge in [-0.1, -0.05) is 0 Å². The molecule has 3 heterocycles. The molecule has 6 nitrogen and oxygen atoms in total. The fourth-order valence-corrected chi connectivity index (χ4v) is 4.22. The van der Waals surface area contributed by atoms with Crippen LogP contribution in [0, 0.1) is 0 Å². The SMILES string of the molecule is CN(C(=O)CN1CCN(c2ncccn2)CC1)C1CCSCC1. The summed E-state index contributed by atoms with van der Waals surface area (Å²) in [6.07, 6.45) is 5.81. The lowest BCUT2D eigenvalue weighted by molar-refractivity contribution is -0.133. The highest BCUT2D eigenvalue weighted by molar-refractivity contribution is 7.99. The largest absolute Gasteiger partial charge is 0.342 e. The summed E-state index contributed by atoms with van der Waals surface area (Å²) in [5, 5.41) is 0. The van der Waals surface area contributed by atoms with E-state index in [1.165, 1.54) is 11.5 Å². The summed E-state index contributed by atoms with van der Waals surface area (Å²) >= 11 is 2.00. The van der Waals surface area contributed by atoms with Gasteiger partial charge in [0, 0.05) is 51.7 Å². The smallest absolute Gasteiger partial charge is 0.236 e. The van der Waals surface area contributed by atoms with E-state index in [-0.39, 0.29) is 5.91 Å². The van der Waals surface area contributed by atoms with E-state index in [1.54, 1.807) is 12.4 Å². The van der Waals surface area contributed by atoms with Crippen molar-refractivity contribution in [3.05, 3.63) is 18.5 Å². The van der Waals surface area contributed by atoms with E-state index in [2.05, 4.69) is 19.8 Å². The number of carbonyl (C=O) groups excluding carboxylic acids is 1. The summed E-state index contributed by atoms with van der Waals surface area (Å²) in [6, 6.07) is 2.26. The Morgan fingerprint density at radius 1 is 1.22 bits per heavy atom. The maximum Gasteiger partial charge on any atom is 0.236 e. The number of hydrogen-bond acceptors (Lipinski definition) is 6. The molecule has 2 fully saturated rings. The second-order valence-corrected chi connectivity index (χ2v) is 7.38. The van der Waals surface area contributed by atoms with Gasteiger partial charge in [0.25, 0.3) is 0 Å². The lowest BCUT2D eigenvalue weighted by Gasteiger charge is -2.36. The predicted molar refractivity (Wildman–Crippen MR) is 93.8 cm³/mol. The molecule has 0 atom stereocenters. The first-order valence-corrected chi connectivity index (χ1v) is 9.47. The lowest BCUT2D eigenvalue weighted by atomic mass is 10.1. The Morgan fingerprint density at radius 3 is 2.52 bits per heavy atom. The number of rotatable bonds is 4. The van der Waals surface area contributed by atoms with Gasteiger partial charge in [-0.25, -0.2) is 9.97 Å². The van der Waals surface area contributed by atoms with Crippen LogP contribution in [0.2, 0.25) is 0 Å². The highest BCUT2D eigenvalue weighted by Crippen LogP contribution is 2.21. The van der Waals surface area contributed by atoms with Crippen molar-refractivity contribution in [1.82, 2.24) is 19.8 Å². The van der Waals surface area contributed by atoms with Crippen molar-refractivity contribution < 1.29 is 4.79 Å². The number of thioether (sulfide) groups is 1. The molecule has 0 saturated carbocycles. The Bertz CT molecular complexity index is 500. The van der Waals surface area contributed by atoms with Crippen LogP contribution >= 0.6 is 11.8 Å². The molecular weight excluding hydrogens is 310 g/mol. The molecule has 1 amide bonds. The number of hydrogen-bond donors (Lipinski definition) is 0. The molecule has 2 saturated heterocycles. The molecule has 2 aliphatic heterocycles. The predicted octanol–water partition coefficient (Wildman–Crippen LogP) is 0.953. The van der Waals surface area contributed by atoms with Crippen molar-refractivity contribution >= 4 is 23.6 Å². The van der Waals surface area contributed by atoms with Gasteiger partial charge in [-0.2, -0.15) is 11.8 Å². The zero-order valence-corrected chi connectivity index (χ0v) is 14.5. The molecular formula is C16H25N5OS. The van der Waals surface area contributed by atoms with Crippen LogP contribution < -0.4 is 4.90 Å². The molecule has 0 spiro atoms. The second kappa shape index (κ2) is 7.97. The average molecular weight is 335 g/mol. The summed E-state index contributed by atoms with van der Waals surface area (Å²) in [4.78, 5) is 27.5. The van der Waals surface area contributed by atoms with E-state index in [0.717, 1.165) is 45.0 Å². The van der Waals surface area contributed by atoms with Crippen LogP contribution in [0.1, 0.15) is 12.8 Å². The number of piperazine rings is 1. The molecule has 0 N–H and O–H groups in total. The Morgan fingerprint density at radius 2 is 1.87 bits per heavy atom. The summed E-state index contributed by atoms with van der Waals surface area (Å²) in [6.45, 7) is 4.06. The first-order chi connectivity index (χ1) is 11.2. The quantitative estimate of drug-likeness (QED) is 0.817. The molecule has 7 heteroatoms. The topological polar surface area (TPSA) is 52.6 Å². The minimum Gasteiger partial charge on any atom is -0.342 e. The fourth-order valence-electron chi connectivity index (χ4n) is 3.14. The Labute approximate surface area is 142 Å². The lowest BCUT2D eigenvalue weighted by Crippen LogP contribution is -2.51. The maximum atomic E-state index is 12.5. The van der Waals surface area contributed by atoms with Gasteiger partial charge in [-0.15, -0.1) is 0 Å². The number of carbonyl (C=O) groups is 1. The number of amides is 1. The third-order valence-corrected chi connectivity index (χ3v) is 5.75. The van der Waals surface area contributed by atoms with Gasteiger partial charge in [-0.3, -0.25) is 9.69 Å². The summed E-state index contributed by atoms with van der Waals surface area (Å²) in [7, 11) is 1.97. The monoisotopic (exact) mass is 335 g/mol. The molecule has 3 rings (SSSR count). The highest BCUT2D eigenvalue weighted by Gasteiger charge is 2.25. The summed E-state index contributed by atoms with van der Waals surface area (Å²) in [5.41, 5.74) is 0. The number of nitrogens with zero attached hydrogens (tertiary/aromatic N) is 5. The van der Waals surface area contributed by atoms with Gasteiger partial charge in [0.15, 0.2) is 0 Å². The van der Waals surface area contributed by atoms with Crippen molar-refractivity contribution in [3.63, 3.8) is 0 Å². The second-order valence-electron chi connectivity index (χ2n) is 6.16. The van der Waals surface area contributed by atoms with E-state index in [9.17, 15) is 4.79 Å². The van der Waals surface area contributed by atoms with E-state index in [4.69, 9.17) is 0 Å². The molecule has 0 aliphatic carbocycles. The van der Waals surface area contributed by atoms with Crippen LogP contribution in [0.15, 0.2) is 18.5 Å². The summed E-state index contributed by atoms with van der Waals surface area (Å²) < 4.78 is 0. The molecule has 2 aliphatic rings. The maximum absolute atomic E-state index is 12.5. The van der Waals surface area contributed by atoms with Gasteiger partial charge in [0.2, 0.25) is 11.9 Å². The average Bonchev–Trinajstić information content (AvgIpc) is 2.63. The van der Waals surface area contributed by atoms with Gasteiger partial charge < -0.3 is 9.80 Å². The van der Waals surface area contributed by atoms with Gasteiger partial charge >= 0.3 is 0 Å². The molecule has 126 valence electrons. The van der Waals surface area contributed by atoms with Gasteiger partial charge in [-0.05, 0) is 30.4 Å². The van der Waals surface area contributed by atoms with Gasteiger partial charge in [0.05, 0.1) is 6.54 Å². The van der Waals surface area contributed by atoms with E-state index >= 15 is 0 Å². The fraction of sp³-hybridized carbons (Fsp3) is 0.688. The van der Waals surface area contributed by atoms with Crippen molar-refractivity contribution in [2.45, 2.75) is 18.9 Å². The first-order valence-electron chi connectivity index (χ1n) is 8.32. The van der Waals surface area contributed by atoms with Gasteiger partial charge in [0.1, 0.15) is 0 Å². The highest BCUT2D eigenvalue weighted by atomic mass is 32.2. The number of likely N-dealkylation sites (N-methyl/N-ethyl adjacent to an activating group) is 1. The Hall–Kier alpha value is -1.34. The van der Waals surface area contributed by atoms with Crippen LogP contribution in [0.25, 0.3) is 0 Å². The first kappa shape index (κ1) is 16.5. The third kappa shape index (κ3) is 4.35. The summed E-state index contributed by atoms with van der Waals surface area (Å²) in [5.74, 6) is 3.40. The minimum atomic E-state index is 0.256. The standard InChI is InChI=1S/C16H25N5OS/c1-19(14-3-11-23-12-4-14)15(22)13-20-7-9-21(10-8-20)16-17-5-2-6-18-16/h2,5-6,14H,3-4,7-13H2,1H3. The molecule has 1 aromatic heterocycles. The normalized spacial score (nSPS) is 20.5. The van der Waals surface area contributed by atoms with E-state index < -0.39 is 0 Å². The van der Waals surface area contributed by atoms with Crippen molar-refractivity contribution in [1.29, 1.82) is 0 Å². The zero-order chi connectivity index (χ0) is 16.1. The third-order valence-electron chi connectivity index (χ3n) is 4.70. The van der Waals surface area contributed by atoms with Crippen LogP contribution in [0.5, 0.6) is 0 Å². The zero-order valence-electron chi connectivity index (χ0n) is 13.7. The Balaban J connectivity index is 1.45. The van der Waals surface area contributed by atoms with E-state index in [1.807, 2.05) is 29.8 Å². The number of anilines is 1. The molecule has 1 aromatic rings. The van der Waals surface area contributed by atoms with Crippen molar-refractivity contribution in [2.75, 3.05) is 56.2 Å². The van der Waals surface area contributed by atoms with Crippen LogP contribution in [0.3, 0.4) is 0 Å². The van der Waals surface area contributed by atoms with Crippen LogP contribution in [0.4, 0.5) is 5.95 Å². The molecule has 23 heavy (non-hydrogen) atoms.